The third-order valence-electron chi connectivity index (χ3n) is 3.76. The Morgan fingerprint density at radius 1 is 1.07 bits per heavy atom. The summed E-state index contributed by atoms with van der Waals surface area (Å²) >= 11 is 0. The molecule has 1 N–H and O–H groups in total. The number of benzene rings is 2. The molecule has 0 saturated heterocycles. The second-order valence-electron chi connectivity index (χ2n) is 6.02. The van der Waals surface area contributed by atoms with E-state index in [9.17, 15) is 14.0 Å². The molecule has 0 bridgehead atoms. The fourth-order valence-corrected chi connectivity index (χ4v) is 2.52. The van der Waals surface area contributed by atoms with E-state index >= 15 is 0 Å². The Hall–Kier alpha value is -3.24. The summed E-state index contributed by atoms with van der Waals surface area (Å²) < 4.78 is 12.9. The molecule has 140 valence electrons. The highest BCUT2D eigenvalue weighted by atomic mass is 19.1. The second kappa shape index (κ2) is 10.0. The van der Waals surface area contributed by atoms with Gasteiger partial charge in [0.2, 0.25) is 11.8 Å². The molecule has 0 aliphatic heterocycles. The summed E-state index contributed by atoms with van der Waals surface area (Å²) in [4.78, 5) is 27.9. The number of hydrogen-bond acceptors (Lipinski definition) is 4. The molecule has 2 amide bonds. The number of carbonyl (C=O) groups is 2. The van der Waals surface area contributed by atoms with E-state index in [-0.39, 0.29) is 43.7 Å². The zero-order valence-corrected chi connectivity index (χ0v) is 15.1. The molecule has 7 heteroatoms. The Balaban J connectivity index is 1.92. The van der Waals surface area contributed by atoms with Gasteiger partial charge in [-0.25, -0.2) is 4.39 Å². The topological polar surface area (TPSA) is 76.4 Å². The lowest BCUT2D eigenvalue weighted by molar-refractivity contribution is -0.121. The molecule has 0 aliphatic carbocycles. The molecule has 6 nitrogen and oxygen atoms in total. The van der Waals surface area contributed by atoms with Gasteiger partial charge in [-0.15, -0.1) is 0 Å². The van der Waals surface area contributed by atoms with Crippen molar-refractivity contribution in [2.24, 2.45) is 0 Å². The minimum Gasteiger partial charge on any atom is -0.325 e. The van der Waals surface area contributed by atoms with Crippen molar-refractivity contribution in [2.75, 3.05) is 36.9 Å². The van der Waals surface area contributed by atoms with E-state index in [0.717, 1.165) is 0 Å². The normalized spacial score (nSPS) is 10.3. The van der Waals surface area contributed by atoms with E-state index in [1.807, 2.05) is 24.3 Å². The highest BCUT2D eigenvalue weighted by Crippen LogP contribution is 2.14. The van der Waals surface area contributed by atoms with Gasteiger partial charge in [0.05, 0.1) is 25.6 Å². The lowest BCUT2D eigenvalue weighted by atomic mass is 10.2. The van der Waals surface area contributed by atoms with Gasteiger partial charge in [-0.3, -0.25) is 14.5 Å². The first kappa shape index (κ1) is 20.1. The predicted molar refractivity (Wildman–Crippen MR) is 102 cm³/mol. The molecule has 27 heavy (non-hydrogen) atoms. The number of likely N-dealkylation sites (N-methyl/N-ethyl adjacent to an activating group) is 1. The number of anilines is 2. The van der Waals surface area contributed by atoms with Crippen LogP contribution in [-0.4, -0.2) is 43.4 Å². The third kappa shape index (κ3) is 6.53. The predicted octanol–water partition coefficient (Wildman–Crippen LogP) is 2.64. The largest absolute Gasteiger partial charge is 0.325 e. The van der Waals surface area contributed by atoms with Gasteiger partial charge >= 0.3 is 0 Å². The summed E-state index contributed by atoms with van der Waals surface area (Å²) in [7, 11) is 1.66. The lowest BCUT2D eigenvalue weighted by Crippen LogP contribution is -2.42. The minimum atomic E-state index is -0.380. The van der Waals surface area contributed by atoms with Crippen molar-refractivity contribution in [2.45, 2.75) is 6.42 Å². The van der Waals surface area contributed by atoms with E-state index < -0.39 is 0 Å². The van der Waals surface area contributed by atoms with Gasteiger partial charge in [-0.1, -0.05) is 18.2 Å². The average molecular weight is 368 g/mol. The molecular weight excluding hydrogens is 347 g/mol. The van der Waals surface area contributed by atoms with Crippen molar-refractivity contribution in [3.05, 3.63) is 60.4 Å². The maximum absolute atomic E-state index is 12.9. The molecule has 0 saturated carbocycles. The smallest absolute Gasteiger partial charge is 0.241 e. The Morgan fingerprint density at radius 3 is 2.37 bits per heavy atom. The standard InChI is InChI=1S/C20H21FN4O2/c1-24(14-19(26)23-17-10-8-16(21)9-11-17)15-20(27)25(13-5-12-22)18-6-3-2-4-7-18/h2-4,6-11H,5,13-15H2,1H3,(H,23,26). The number of rotatable bonds is 8. The first-order chi connectivity index (χ1) is 13.0. The summed E-state index contributed by atoms with van der Waals surface area (Å²) in [6.45, 7) is 0.316. The zero-order valence-electron chi connectivity index (χ0n) is 15.1. The van der Waals surface area contributed by atoms with Gasteiger partial charge in [0.15, 0.2) is 0 Å². The number of halogens is 1. The molecule has 2 aromatic carbocycles. The number of para-hydroxylation sites is 1. The average Bonchev–Trinajstić information content (AvgIpc) is 2.64. The van der Waals surface area contributed by atoms with Crippen LogP contribution in [0.15, 0.2) is 54.6 Å². The summed E-state index contributed by atoms with van der Waals surface area (Å²) in [6, 6.07) is 16.6. The first-order valence-electron chi connectivity index (χ1n) is 8.46. The van der Waals surface area contributed by atoms with Crippen molar-refractivity contribution in [1.29, 1.82) is 5.26 Å². The van der Waals surface area contributed by atoms with Crippen LogP contribution in [0.2, 0.25) is 0 Å². The zero-order chi connectivity index (χ0) is 19.6. The molecule has 0 atom stereocenters. The molecular formula is C20H21FN4O2. The maximum atomic E-state index is 12.9. The van der Waals surface area contributed by atoms with E-state index in [0.29, 0.717) is 11.4 Å². The minimum absolute atomic E-state index is 0.00396. The lowest BCUT2D eigenvalue weighted by Gasteiger charge is -2.24. The fraction of sp³-hybridized carbons (Fsp3) is 0.250. The molecule has 0 radical (unpaired) electrons. The Morgan fingerprint density at radius 2 is 1.74 bits per heavy atom. The summed E-state index contributed by atoms with van der Waals surface area (Å²) in [5, 5.41) is 11.5. The van der Waals surface area contributed by atoms with Gasteiger partial charge in [0.1, 0.15) is 5.82 Å². The number of nitrogens with zero attached hydrogens (tertiary/aromatic N) is 3. The summed E-state index contributed by atoms with van der Waals surface area (Å²) in [5.74, 6) is -0.886. The molecule has 2 aromatic rings. The SMILES string of the molecule is CN(CC(=O)Nc1ccc(F)cc1)CC(=O)N(CCC#N)c1ccccc1. The molecule has 2 rings (SSSR count). The van der Waals surface area contributed by atoms with Crippen LogP contribution in [0.4, 0.5) is 15.8 Å². The highest BCUT2D eigenvalue weighted by molar-refractivity contribution is 5.96. The van der Waals surface area contributed by atoms with Crippen LogP contribution in [0.5, 0.6) is 0 Å². The van der Waals surface area contributed by atoms with Gasteiger partial charge in [-0.05, 0) is 43.4 Å². The van der Waals surface area contributed by atoms with Crippen molar-refractivity contribution in [1.82, 2.24) is 4.90 Å². The van der Waals surface area contributed by atoms with Crippen LogP contribution in [0.25, 0.3) is 0 Å². The van der Waals surface area contributed by atoms with Gasteiger partial charge in [-0.2, -0.15) is 5.26 Å². The second-order valence-corrected chi connectivity index (χ2v) is 6.02. The van der Waals surface area contributed by atoms with Crippen LogP contribution in [0, 0.1) is 17.1 Å². The van der Waals surface area contributed by atoms with Crippen molar-refractivity contribution >= 4 is 23.2 Å². The number of nitrogens with one attached hydrogen (secondary N) is 1. The Kier molecular flexibility index (Phi) is 7.47. The van der Waals surface area contributed by atoms with E-state index in [2.05, 4.69) is 5.32 Å². The van der Waals surface area contributed by atoms with Crippen LogP contribution in [0.1, 0.15) is 6.42 Å². The molecule has 0 aromatic heterocycles. The van der Waals surface area contributed by atoms with Crippen LogP contribution in [-0.2, 0) is 9.59 Å². The van der Waals surface area contributed by atoms with Gasteiger partial charge < -0.3 is 10.2 Å². The Bertz CT molecular complexity index is 803. The van der Waals surface area contributed by atoms with Crippen molar-refractivity contribution < 1.29 is 14.0 Å². The number of hydrogen-bond donors (Lipinski definition) is 1. The molecule has 0 aliphatic rings. The maximum Gasteiger partial charge on any atom is 0.241 e. The monoisotopic (exact) mass is 368 g/mol. The Labute approximate surface area is 157 Å². The molecule has 0 heterocycles. The van der Waals surface area contributed by atoms with E-state index in [4.69, 9.17) is 5.26 Å². The fourth-order valence-electron chi connectivity index (χ4n) is 2.52. The number of nitriles is 1. The molecule has 0 fully saturated rings. The quantitative estimate of drug-likeness (QED) is 0.777. The summed E-state index contributed by atoms with van der Waals surface area (Å²) in [6.07, 6.45) is 0.218. The van der Waals surface area contributed by atoms with Crippen molar-refractivity contribution in [3.63, 3.8) is 0 Å². The summed E-state index contributed by atoms with van der Waals surface area (Å²) in [5.41, 5.74) is 1.20. The van der Waals surface area contributed by atoms with Crippen LogP contribution >= 0.6 is 0 Å². The van der Waals surface area contributed by atoms with E-state index in [1.165, 1.54) is 29.2 Å². The highest BCUT2D eigenvalue weighted by Gasteiger charge is 2.18. The van der Waals surface area contributed by atoms with Gasteiger partial charge in [0.25, 0.3) is 0 Å². The number of carbonyl (C=O) groups excluding carboxylic acids is 2. The number of amides is 2. The van der Waals surface area contributed by atoms with Crippen LogP contribution < -0.4 is 10.2 Å². The molecule has 0 unspecified atom stereocenters. The van der Waals surface area contributed by atoms with E-state index in [1.54, 1.807) is 24.1 Å². The van der Waals surface area contributed by atoms with Crippen molar-refractivity contribution in [3.8, 4) is 6.07 Å². The third-order valence-corrected chi connectivity index (χ3v) is 3.76. The first-order valence-corrected chi connectivity index (χ1v) is 8.46. The van der Waals surface area contributed by atoms with Crippen LogP contribution in [0.3, 0.4) is 0 Å². The molecule has 0 spiro atoms. The van der Waals surface area contributed by atoms with Gasteiger partial charge in [0, 0.05) is 17.9 Å².